The minimum absolute atomic E-state index is 0.626. The molecule has 4 heteroatoms. The number of nitrogens with one attached hydrogen (secondary N) is 1. The lowest BCUT2D eigenvalue weighted by molar-refractivity contribution is 0.881. The molecule has 1 heterocycles. The van der Waals surface area contributed by atoms with Gasteiger partial charge in [0.25, 0.3) is 0 Å². The van der Waals surface area contributed by atoms with Gasteiger partial charge >= 0.3 is 0 Å². The predicted octanol–water partition coefficient (Wildman–Crippen LogP) is 4.92. The molecule has 0 unspecified atom stereocenters. The fourth-order valence-electron chi connectivity index (χ4n) is 4.12. The van der Waals surface area contributed by atoms with E-state index in [0.717, 1.165) is 10.9 Å². The van der Waals surface area contributed by atoms with Gasteiger partial charge < -0.3 is 0 Å². The number of aromatic nitrogens is 4. The zero-order valence-corrected chi connectivity index (χ0v) is 13.2. The van der Waals surface area contributed by atoms with E-state index in [1.54, 1.807) is 0 Å². The number of nitrogens with zero attached hydrogens (tertiary/aromatic N) is 3. The Labute approximate surface area is 142 Å². The highest BCUT2D eigenvalue weighted by Crippen LogP contribution is 2.42. The van der Waals surface area contributed by atoms with Crippen LogP contribution in [0.2, 0.25) is 0 Å². The summed E-state index contributed by atoms with van der Waals surface area (Å²) in [5, 5.41) is 24.8. The molecule has 0 aliphatic rings. The molecule has 6 aromatic rings. The van der Waals surface area contributed by atoms with Crippen LogP contribution in [0, 0.1) is 0 Å². The van der Waals surface area contributed by atoms with Crippen LogP contribution >= 0.6 is 0 Å². The number of fused-ring (bicyclic) bond motifs is 2. The van der Waals surface area contributed by atoms with Crippen LogP contribution in [0.1, 0.15) is 0 Å². The first kappa shape index (κ1) is 12.8. The second kappa shape index (κ2) is 4.51. The van der Waals surface area contributed by atoms with Crippen LogP contribution in [-0.2, 0) is 0 Å². The summed E-state index contributed by atoms with van der Waals surface area (Å²) in [5.41, 5.74) is 1.00. The molecule has 0 fully saturated rings. The zero-order valence-electron chi connectivity index (χ0n) is 13.2. The second-order valence-corrected chi connectivity index (χ2v) is 6.33. The Hall–Kier alpha value is -3.53. The van der Waals surface area contributed by atoms with E-state index in [-0.39, 0.29) is 0 Å². The fraction of sp³-hybridized carbons (Fsp3) is 0. The number of rotatable bonds is 1. The predicted molar refractivity (Wildman–Crippen MR) is 101 cm³/mol. The highest BCUT2D eigenvalue weighted by Gasteiger charge is 2.16. The normalized spacial score (nSPS) is 12.0. The van der Waals surface area contributed by atoms with Crippen LogP contribution < -0.4 is 0 Å². The molecule has 6 rings (SSSR count). The molecule has 0 saturated heterocycles. The molecule has 0 radical (unpaired) electrons. The summed E-state index contributed by atoms with van der Waals surface area (Å²) in [7, 11) is 0. The summed E-state index contributed by atoms with van der Waals surface area (Å²) in [5.74, 6) is 0.626. The average molecular weight is 320 g/mol. The molecule has 0 bridgehead atoms. The third-order valence-corrected chi connectivity index (χ3v) is 5.11. The summed E-state index contributed by atoms with van der Waals surface area (Å²) in [6.45, 7) is 0. The minimum atomic E-state index is 0.626. The molecule has 0 atom stereocenters. The van der Waals surface area contributed by atoms with Crippen LogP contribution in [-0.4, -0.2) is 20.6 Å². The molecule has 0 saturated carbocycles. The van der Waals surface area contributed by atoms with Gasteiger partial charge in [0.15, 0.2) is 0 Å². The Morgan fingerprint density at radius 2 is 1.24 bits per heavy atom. The number of hydrogen-bond donors (Lipinski definition) is 1. The SMILES string of the molecule is c1cc2cccc3c4ccc(-c5nn[nH]n5)c5cccc(c(c1)c23)c54. The Kier molecular flexibility index (Phi) is 2.32. The third-order valence-electron chi connectivity index (χ3n) is 5.11. The number of tetrazole rings is 1. The molecule has 0 aliphatic carbocycles. The van der Waals surface area contributed by atoms with Gasteiger partial charge in [-0.05, 0) is 54.4 Å². The van der Waals surface area contributed by atoms with Gasteiger partial charge in [-0.2, -0.15) is 5.21 Å². The van der Waals surface area contributed by atoms with Crippen molar-refractivity contribution in [2.24, 2.45) is 0 Å². The average Bonchev–Trinajstić information content (AvgIpc) is 3.20. The Morgan fingerprint density at radius 3 is 1.96 bits per heavy atom. The van der Waals surface area contributed by atoms with Crippen molar-refractivity contribution in [1.29, 1.82) is 0 Å². The van der Waals surface area contributed by atoms with E-state index in [9.17, 15) is 0 Å². The Morgan fingerprint density at radius 1 is 0.600 bits per heavy atom. The molecule has 0 aliphatic heterocycles. The Balaban J connectivity index is 1.95. The van der Waals surface area contributed by atoms with Gasteiger partial charge in [-0.15, -0.1) is 10.2 Å². The number of H-pyrrole nitrogens is 1. The first-order valence-electron chi connectivity index (χ1n) is 8.24. The van der Waals surface area contributed by atoms with Gasteiger partial charge in [-0.3, -0.25) is 0 Å². The molecular weight excluding hydrogens is 308 g/mol. The van der Waals surface area contributed by atoms with Gasteiger partial charge in [0.2, 0.25) is 5.82 Å². The summed E-state index contributed by atoms with van der Waals surface area (Å²) >= 11 is 0. The third kappa shape index (κ3) is 1.58. The lowest BCUT2D eigenvalue weighted by Gasteiger charge is -2.15. The quantitative estimate of drug-likeness (QED) is 0.346. The van der Waals surface area contributed by atoms with E-state index in [1.165, 1.54) is 37.7 Å². The molecule has 5 aromatic carbocycles. The van der Waals surface area contributed by atoms with E-state index in [1.807, 2.05) is 0 Å². The van der Waals surface area contributed by atoms with Crippen LogP contribution in [0.4, 0.5) is 0 Å². The van der Waals surface area contributed by atoms with Gasteiger partial charge in [0, 0.05) is 5.56 Å². The van der Waals surface area contributed by atoms with Crippen molar-refractivity contribution >= 4 is 43.1 Å². The standard InChI is InChI=1S/C21H12N4/c1-4-12-5-2-7-14-17-10-11-18(21-22-24-25-23-21)16-9-3-8-15(20(16)17)13(6-1)19(12)14/h1-11H,(H,22,23,24,25). The summed E-state index contributed by atoms with van der Waals surface area (Å²) in [6, 6.07) is 23.8. The topological polar surface area (TPSA) is 54.5 Å². The van der Waals surface area contributed by atoms with Crippen molar-refractivity contribution in [2.75, 3.05) is 0 Å². The van der Waals surface area contributed by atoms with E-state index < -0.39 is 0 Å². The Bertz CT molecular complexity index is 1330. The molecule has 0 spiro atoms. The van der Waals surface area contributed by atoms with Gasteiger partial charge in [0.05, 0.1) is 0 Å². The fourth-order valence-corrected chi connectivity index (χ4v) is 4.12. The van der Waals surface area contributed by atoms with Crippen LogP contribution in [0.3, 0.4) is 0 Å². The van der Waals surface area contributed by atoms with Gasteiger partial charge in [0.1, 0.15) is 0 Å². The van der Waals surface area contributed by atoms with Crippen molar-refractivity contribution in [3.8, 4) is 11.4 Å². The lowest BCUT2D eigenvalue weighted by atomic mass is 9.88. The largest absolute Gasteiger partial charge is 0.205 e. The lowest BCUT2D eigenvalue weighted by Crippen LogP contribution is -1.89. The molecule has 0 amide bonds. The summed E-state index contributed by atoms with van der Waals surface area (Å²) in [6.07, 6.45) is 0. The molecular formula is C21H12N4. The maximum absolute atomic E-state index is 4.18. The molecule has 116 valence electrons. The molecule has 1 N–H and O–H groups in total. The molecule has 1 aromatic heterocycles. The van der Waals surface area contributed by atoms with Crippen molar-refractivity contribution < 1.29 is 0 Å². The second-order valence-electron chi connectivity index (χ2n) is 6.33. The maximum Gasteiger partial charge on any atom is 0.205 e. The summed E-state index contributed by atoms with van der Waals surface area (Å²) in [4.78, 5) is 0. The summed E-state index contributed by atoms with van der Waals surface area (Å²) < 4.78 is 0. The van der Waals surface area contributed by atoms with E-state index in [0.29, 0.717) is 5.82 Å². The highest BCUT2D eigenvalue weighted by molar-refractivity contribution is 6.33. The number of hydrogen-bond acceptors (Lipinski definition) is 3. The van der Waals surface area contributed by atoms with E-state index in [4.69, 9.17) is 0 Å². The molecule has 4 nitrogen and oxygen atoms in total. The maximum atomic E-state index is 4.18. The first-order valence-corrected chi connectivity index (χ1v) is 8.24. The van der Waals surface area contributed by atoms with E-state index in [2.05, 4.69) is 87.4 Å². The van der Waals surface area contributed by atoms with Crippen molar-refractivity contribution in [3.05, 3.63) is 66.7 Å². The van der Waals surface area contributed by atoms with Crippen molar-refractivity contribution in [1.82, 2.24) is 20.6 Å². The smallest absolute Gasteiger partial charge is 0.177 e. The monoisotopic (exact) mass is 320 g/mol. The molecule has 25 heavy (non-hydrogen) atoms. The highest BCUT2D eigenvalue weighted by atomic mass is 15.5. The van der Waals surface area contributed by atoms with E-state index >= 15 is 0 Å². The minimum Gasteiger partial charge on any atom is -0.177 e. The van der Waals surface area contributed by atoms with Crippen LogP contribution in [0.25, 0.3) is 54.5 Å². The number of benzene rings is 5. The van der Waals surface area contributed by atoms with Gasteiger partial charge in [-0.25, -0.2) is 0 Å². The zero-order chi connectivity index (χ0) is 16.4. The first-order chi connectivity index (χ1) is 12.4. The van der Waals surface area contributed by atoms with Gasteiger partial charge in [-0.1, -0.05) is 60.7 Å². The number of aromatic amines is 1. The van der Waals surface area contributed by atoms with Crippen molar-refractivity contribution in [2.45, 2.75) is 0 Å². The van der Waals surface area contributed by atoms with Crippen molar-refractivity contribution in [3.63, 3.8) is 0 Å². The van der Waals surface area contributed by atoms with Crippen LogP contribution in [0.15, 0.2) is 66.7 Å². The van der Waals surface area contributed by atoms with Crippen LogP contribution in [0.5, 0.6) is 0 Å².